The lowest BCUT2D eigenvalue weighted by Crippen LogP contribution is -2.45. The van der Waals surface area contributed by atoms with Crippen LogP contribution in [0.4, 0.5) is 5.82 Å². The number of aromatic hydroxyl groups is 1. The number of benzene rings is 2. The van der Waals surface area contributed by atoms with Gasteiger partial charge < -0.3 is 21.1 Å². The van der Waals surface area contributed by atoms with Gasteiger partial charge in [-0.1, -0.05) is 24.3 Å². The molecule has 4 aromatic rings. The molecule has 3 heterocycles. The van der Waals surface area contributed by atoms with Crippen molar-refractivity contribution >= 4 is 17.6 Å². The first-order chi connectivity index (χ1) is 18.9. The van der Waals surface area contributed by atoms with Crippen LogP contribution in [0.1, 0.15) is 39.1 Å². The number of phenols is 1. The van der Waals surface area contributed by atoms with Gasteiger partial charge in [-0.05, 0) is 60.9 Å². The van der Waals surface area contributed by atoms with Crippen LogP contribution in [0.5, 0.6) is 5.75 Å². The zero-order valence-electron chi connectivity index (χ0n) is 21.0. The van der Waals surface area contributed by atoms with E-state index in [1.165, 1.54) is 18.5 Å². The maximum Gasteiger partial charge on any atom is 0.256 e. The van der Waals surface area contributed by atoms with Gasteiger partial charge in [0, 0.05) is 53.8 Å². The Labute approximate surface area is 225 Å². The quantitative estimate of drug-likeness (QED) is 0.359. The zero-order chi connectivity index (χ0) is 27.4. The lowest BCUT2D eigenvalue weighted by molar-refractivity contribution is 0.0708. The highest BCUT2D eigenvalue weighted by atomic mass is 16.3. The SMILES string of the molecule is N#Cc1c(-c2cccc(C(=O)N3CCCC(N)C3)c2)cc(-c2ccccc2O)nc1NC(=O)c1ccncc1. The van der Waals surface area contributed by atoms with Crippen LogP contribution in [-0.2, 0) is 0 Å². The number of amides is 2. The number of hydrogen-bond donors (Lipinski definition) is 3. The van der Waals surface area contributed by atoms with Gasteiger partial charge in [-0.3, -0.25) is 14.6 Å². The monoisotopic (exact) mass is 518 g/mol. The van der Waals surface area contributed by atoms with Crippen LogP contribution in [0, 0.1) is 11.3 Å². The summed E-state index contributed by atoms with van der Waals surface area (Å²) in [5, 5.41) is 23.4. The number of nitrogens with two attached hydrogens (primary N) is 1. The number of hydrogen-bond acceptors (Lipinski definition) is 7. The third-order valence-electron chi connectivity index (χ3n) is 6.65. The Balaban J connectivity index is 1.61. The van der Waals surface area contributed by atoms with Crippen LogP contribution >= 0.6 is 0 Å². The summed E-state index contributed by atoms with van der Waals surface area (Å²) in [6.07, 6.45) is 4.72. The highest BCUT2D eigenvalue weighted by Gasteiger charge is 2.24. The molecule has 1 atom stereocenters. The fourth-order valence-electron chi connectivity index (χ4n) is 4.68. The molecule has 2 aromatic carbocycles. The van der Waals surface area contributed by atoms with Crippen molar-refractivity contribution < 1.29 is 14.7 Å². The zero-order valence-corrected chi connectivity index (χ0v) is 21.0. The molecule has 0 aliphatic carbocycles. The number of para-hydroxylation sites is 1. The first-order valence-corrected chi connectivity index (χ1v) is 12.5. The van der Waals surface area contributed by atoms with Crippen molar-refractivity contribution in [1.29, 1.82) is 5.26 Å². The standard InChI is InChI=1S/C30H26N6O3/c31-17-25-24(20-5-3-6-21(15-20)30(39)36-14-4-7-22(32)18-36)16-26(23-8-1-2-9-27(23)37)34-28(25)35-29(38)19-10-12-33-13-11-19/h1-3,5-6,8-13,15-16,22,37H,4,7,14,18,32H2,(H,34,35,38). The summed E-state index contributed by atoms with van der Waals surface area (Å²) in [6.45, 7) is 1.13. The third kappa shape index (κ3) is 5.46. The predicted molar refractivity (Wildman–Crippen MR) is 147 cm³/mol. The van der Waals surface area contributed by atoms with Gasteiger partial charge >= 0.3 is 0 Å². The number of aromatic nitrogens is 2. The molecule has 1 fully saturated rings. The molecule has 1 saturated heterocycles. The predicted octanol–water partition coefficient (Wildman–Crippen LogP) is 4.20. The second kappa shape index (κ2) is 11.1. The van der Waals surface area contributed by atoms with Crippen LogP contribution in [-0.4, -0.2) is 50.9 Å². The summed E-state index contributed by atoms with van der Waals surface area (Å²) in [5.41, 5.74) is 8.86. The molecule has 0 bridgehead atoms. The summed E-state index contributed by atoms with van der Waals surface area (Å²) in [7, 11) is 0. The average Bonchev–Trinajstić information content (AvgIpc) is 2.97. The second-order valence-electron chi connectivity index (χ2n) is 9.33. The molecule has 0 radical (unpaired) electrons. The van der Waals surface area contributed by atoms with Gasteiger partial charge in [0.25, 0.3) is 11.8 Å². The minimum Gasteiger partial charge on any atom is -0.507 e. The number of carbonyl (C=O) groups excluding carboxylic acids is 2. The molecule has 0 saturated carbocycles. The van der Waals surface area contributed by atoms with Crippen molar-refractivity contribution in [2.24, 2.45) is 5.73 Å². The van der Waals surface area contributed by atoms with E-state index in [1.54, 1.807) is 65.6 Å². The van der Waals surface area contributed by atoms with Gasteiger partial charge in [0.2, 0.25) is 0 Å². The number of carbonyl (C=O) groups is 2. The van der Waals surface area contributed by atoms with E-state index in [9.17, 15) is 20.0 Å². The van der Waals surface area contributed by atoms with Crippen molar-refractivity contribution in [3.8, 4) is 34.2 Å². The second-order valence-corrected chi connectivity index (χ2v) is 9.33. The highest BCUT2D eigenvalue weighted by molar-refractivity contribution is 6.05. The summed E-state index contributed by atoms with van der Waals surface area (Å²) in [5.74, 6) is -0.565. The third-order valence-corrected chi connectivity index (χ3v) is 6.65. The van der Waals surface area contributed by atoms with Crippen molar-refractivity contribution in [3.63, 3.8) is 0 Å². The van der Waals surface area contributed by atoms with Gasteiger partial charge in [0.05, 0.1) is 5.69 Å². The summed E-state index contributed by atoms with van der Waals surface area (Å²) < 4.78 is 0. The lowest BCUT2D eigenvalue weighted by atomic mass is 9.96. The Hall–Kier alpha value is -5.07. The first-order valence-electron chi connectivity index (χ1n) is 12.5. The van der Waals surface area contributed by atoms with Gasteiger partial charge in [0.15, 0.2) is 5.82 Å². The van der Waals surface area contributed by atoms with E-state index in [2.05, 4.69) is 21.4 Å². The molecular formula is C30H26N6O3. The Bertz CT molecular complexity index is 1580. The van der Waals surface area contributed by atoms with Crippen LogP contribution in [0.15, 0.2) is 79.1 Å². The fraction of sp³-hybridized carbons (Fsp3) is 0.167. The van der Waals surface area contributed by atoms with Gasteiger partial charge in [-0.25, -0.2) is 4.98 Å². The molecule has 194 valence electrons. The molecule has 2 aromatic heterocycles. The number of likely N-dealkylation sites (tertiary alicyclic amines) is 1. The maximum atomic E-state index is 13.3. The molecule has 9 nitrogen and oxygen atoms in total. The normalized spacial score (nSPS) is 14.9. The Kier molecular flexibility index (Phi) is 7.30. The fourth-order valence-corrected chi connectivity index (χ4v) is 4.68. The van der Waals surface area contributed by atoms with Crippen molar-refractivity contribution in [2.45, 2.75) is 18.9 Å². The summed E-state index contributed by atoms with van der Waals surface area (Å²) in [4.78, 5) is 36.5. The number of piperidine rings is 1. The van der Waals surface area contributed by atoms with E-state index in [1.807, 2.05) is 0 Å². The van der Waals surface area contributed by atoms with Crippen molar-refractivity contribution in [2.75, 3.05) is 18.4 Å². The van der Waals surface area contributed by atoms with Crippen LogP contribution in [0.25, 0.3) is 22.4 Å². The van der Waals surface area contributed by atoms with Gasteiger partial charge in [0.1, 0.15) is 17.4 Å². The Morgan fingerprint density at radius 2 is 1.82 bits per heavy atom. The Morgan fingerprint density at radius 3 is 2.56 bits per heavy atom. The number of phenolic OH excluding ortho intramolecular Hbond substituents is 1. The smallest absolute Gasteiger partial charge is 0.256 e. The number of nitrogens with one attached hydrogen (secondary N) is 1. The van der Waals surface area contributed by atoms with Crippen molar-refractivity contribution in [3.05, 3.63) is 95.8 Å². The molecular weight excluding hydrogens is 492 g/mol. The number of pyridine rings is 2. The summed E-state index contributed by atoms with van der Waals surface area (Å²) >= 11 is 0. The first kappa shape index (κ1) is 25.6. The number of nitriles is 1. The topological polar surface area (TPSA) is 145 Å². The van der Waals surface area contributed by atoms with E-state index in [0.717, 1.165) is 12.8 Å². The molecule has 0 spiro atoms. The van der Waals surface area contributed by atoms with Crippen LogP contribution in [0.3, 0.4) is 0 Å². The molecule has 9 heteroatoms. The largest absolute Gasteiger partial charge is 0.507 e. The number of nitrogens with zero attached hydrogens (tertiary/aromatic N) is 4. The molecule has 4 N–H and O–H groups in total. The number of anilines is 1. The molecule has 1 aliphatic rings. The molecule has 2 amide bonds. The molecule has 1 unspecified atom stereocenters. The summed E-state index contributed by atoms with van der Waals surface area (Å²) in [6, 6.07) is 20.6. The highest BCUT2D eigenvalue weighted by Crippen LogP contribution is 2.36. The van der Waals surface area contributed by atoms with Gasteiger partial charge in [-0.15, -0.1) is 0 Å². The minimum absolute atomic E-state index is 0.00238. The van der Waals surface area contributed by atoms with E-state index < -0.39 is 5.91 Å². The van der Waals surface area contributed by atoms with E-state index in [-0.39, 0.29) is 29.1 Å². The Morgan fingerprint density at radius 1 is 1.03 bits per heavy atom. The average molecular weight is 519 g/mol. The minimum atomic E-state index is -0.466. The van der Waals surface area contributed by atoms with E-state index in [0.29, 0.717) is 46.6 Å². The maximum absolute atomic E-state index is 13.3. The van der Waals surface area contributed by atoms with Gasteiger partial charge in [-0.2, -0.15) is 5.26 Å². The lowest BCUT2D eigenvalue weighted by Gasteiger charge is -2.31. The van der Waals surface area contributed by atoms with E-state index >= 15 is 0 Å². The molecule has 5 rings (SSSR count). The van der Waals surface area contributed by atoms with Crippen LogP contribution in [0.2, 0.25) is 0 Å². The van der Waals surface area contributed by atoms with Crippen LogP contribution < -0.4 is 11.1 Å². The number of rotatable bonds is 5. The van der Waals surface area contributed by atoms with E-state index in [4.69, 9.17) is 5.73 Å². The molecule has 39 heavy (non-hydrogen) atoms. The molecule has 1 aliphatic heterocycles. The van der Waals surface area contributed by atoms with Crippen molar-refractivity contribution in [1.82, 2.24) is 14.9 Å².